The van der Waals surface area contributed by atoms with Crippen molar-refractivity contribution in [3.8, 4) is 5.75 Å². The normalized spacial score (nSPS) is 12.1. The average molecular weight is 276 g/mol. The molecule has 2 N–H and O–H groups in total. The Morgan fingerprint density at radius 2 is 2.00 bits per heavy atom. The first-order chi connectivity index (χ1) is 9.24. The molecule has 1 heterocycles. The molecule has 0 amide bonds. The van der Waals surface area contributed by atoms with Crippen LogP contribution in [0, 0.1) is 0 Å². The van der Waals surface area contributed by atoms with Crippen LogP contribution in [-0.2, 0) is 23.1 Å². The molecule has 4 nitrogen and oxygen atoms in total. The van der Waals surface area contributed by atoms with Crippen LogP contribution in [0.2, 0.25) is 0 Å². The van der Waals surface area contributed by atoms with Gasteiger partial charge >= 0.3 is 0 Å². The molecule has 2 aromatic rings. The van der Waals surface area contributed by atoms with Crippen molar-refractivity contribution in [2.45, 2.75) is 17.2 Å². The number of benzene rings is 1. The van der Waals surface area contributed by atoms with Crippen LogP contribution in [0.5, 0.6) is 5.75 Å². The van der Waals surface area contributed by atoms with Gasteiger partial charge in [-0.2, -0.15) is 0 Å². The van der Waals surface area contributed by atoms with E-state index >= 15 is 0 Å². The second-order valence-corrected chi connectivity index (χ2v) is 5.43. The number of aromatic nitrogens is 1. The number of pyridine rings is 1. The lowest BCUT2D eigenvalue weighted by molar-refractivity contribution is 0.414. The van der Waals surface area contributed by atoms with E-state index < -0.39 is 10.8 Å². The monoisotopic (exact) mass is 276 g/mol. The highest BCUT2D eigenvalue weighted by Crippen LogP contribution is 2.17. The zero-order valence-corrected chi connectivity index (χ0v) is 11.5. The number of nitrogens with two attached hydrogens (primary N) is 1. The molecule has 0 aliphatic carbocycles. The van der Waals surface area contributed by atoms with E-state index in [1.165, 1.54) is 0 Å². The minimum Gasteiger partial charge on any atom is -0.497 e. The Kier molecular flexibility index (Phi) is 4.65. The number of rotatable bonds is 5. The molecule has 19 heavy (non-hydrogen) atoms. The summed E-state index contributed by atoms with van der Waals surface area (Å²) in [6.07, 6.45) is 1.70. The van der Waals surface area contributed by atoms with Crippen molar-refractivity contribution in [3.63, 3.8) is 0 Å². The summed E-state index contributed by atoms with van der Waals surface area (Å²) in [6, 6.07) is 11.0. The minimum absolute atomic E-state index is 0.357. The molecule has 0 aliphatic rings. The molecule has 0 radical (unpaired) electrons. The lowest BCUT2D eigenvalue weighted by Crippen LogP contribution is -2.06. The molecule has 1 aromatic heterocycles. The summed E-state index contributed by atoms with van der Waals surface area (Å²) in [4.78, 5) is 4.96. The van der Waals surface area contributed by atoms with Crippen molar-refractivity contribution in [1.29, 1.82) is 0 Å². The van der Waals surface area contributed by atoms with Gasteiger partial charge in [0.1, 0.15) is 5.75 Å². The molecule has 1 atom stereocenters. The van der Waals surface area contributed by atoms with Gasteiger partial charge in [0.2, 0.25) is 0 Å². The number of methoxy groups -OCH3 is 1. The summed E-state index contributed by atoms with van der Waals surface area (Å²) in [5.41, 5.74) is 7.35. The third-order valence-electron chi connectivity index (χ3n) is 2.79. The van der Waals surface area contributed by atoms with Crippen LogP contribution in [0.1, 0.15) is 11.3 Å². The van der Waals surface area contributed by atoms with Gasteiger partial charge in [0.05, 0.1) is 29.4 Å². The van der Waals surface area contributed by atoms with Gasteiger partial charge in [-0.3, -0.25) is 9.19 Å². The van der Waals surface area contributed by atoms with E-state index in [1.807, 2.05) is 24.3 Å². The maximum atomic E-state index is 12.3. The fourth-order valence-electron chi connectivity index (χ4n) is 1.74. The third kappa shape index (κ3) is 3.39. The SMILES string of the molecule is COc1ccc(S(=O)Cc2cccnc2CN)cc1. The fourth-order valence-corrected chi connectivity index (χ4v) is 2.89. The molecule has 1 aromatic carbocycles. The van der Waals surface area contributed by atoms with E-state index in [1.54, 1.807) is 25.4 Å². The molecular weight excluding hydrogens is 260 g/mol. The first-order valence-corrected chi connectivity index (χ1v) is 7.21. The molecule has 100 valence electrons. The van der Waals surface area contributed by atoms with Crippen LogP contribution < -0.4 is 10.5 Å². The maximum absolute atomic E-state index is 12.3. The molecule has 5 heteroatoms. The molecule has 0 fully saturated rings. The van der Waals surface area contributed by atoms with Crippen molar-refractivity contribution in [1.82, 2.24) is 4.98 Å². The number of hydrogen-bond donors (Lipinski definition) is 1. The Morgan fingerprint density at radius 1 is 1.26 bits per heavy atom. The van der Waals surface area contributed by atoms with E-state index in [0.717, 1.165) is 21.9 Å². The molecule has 0 aliphatic heterocycles. The Bertz CT molecular complexity index is 570. The van der Waals surface area contributed by atoms with Crippen molar-refractivity contribution >= 4 is 10.8 Å². The second-order valence-electron chi connectivity index (χ2n) is 3.98. The predicted octanol–water partition coefficient (Wildman–Crippen LogP) is 1.86. The van der Waals surface area contributed by atoms with Gasteiger partial charge in [0.25, 0.3) is 0 Å². The largest absolute Gasteiger partial charge is 0.497 e. The summed E-state index contributed by atoms with van der Waals surface area (Å²) in [5, 5.41) is 0. The Morgan fingerprint density at radius 3 is 2.63 bits per heavy atom. The maximum Gasteiger partial charge on any atom is 0.118 e. The van der Waals surface area contributed by atoms with Crippen molar-refractivity contribution in [2.75, 3.05) is 7.11 Å². The van der Waals surface area contributed by atoms with Crippen molar-refractivity contribution < 1.29 is 8.95 Å². The Balaban J connectivity index is 2.16. The van der Waals surface area contributed by atoms with Crippen molar-refractivity contribution in [2.24, 2.45) is 5.73 Å². The number of ether oxygens (including phenoxy) is 1. The quantitative estimate of drug-likeness (QED) is 0.905. The summed E-state index contributed by atoms with van der Waals surface area (Å²) in [5.74, 6) is 1.18. The van der Waals surface area contributed by atoms with Gasteiger partial charge < -0.3 is 10.5 Å². The third-order valence-corrected chi connectivity index (χ3v) is 4.16. The molecule has 0 spiro atoms. The van der Waals surface area contributed by atoms with Crippen LogP contribution in [0.15, 0.2) is 47.5 Å². The molecule has 0 saturated heterocycles. The van der Waals surface area contributed by atoms with Gasteiger partial charge in [0.15, 0.2) is 0 Å². The Labute approximate surface area is 115 Å². The average Bonchev–Trinajstić information content (AvgIpc) is 2.48. The smallest absolute Gasteiger partial charge is 0.118 e. The van der Waals surface area contributed by atoms with Crippen LogP contribution in [0.3, 0.4) is 0 Å². The van der Waals surface area contributed by atoms with Crippen LogP contribution in [0.4, 0.5) is 0 Å². The summed E-state index contributed by atoms with van der Waals surface area (Å²) in [7, 11) is 0.499. The van der Waals surface area contributed by atoms with E-state index in [9.17, 15) is 4.21 Å². The Hall–Kier alpha value is -1.72. The van der Waals surface area contributed by atoms with E-state index in [-0.39, 0.29) is 0 Å². The number of nitrogens with zero attached hydrogens (tertiary/aromatic N) is 1. The van der Waals surface area contributed by atoms with Gasteiger partial charge in [-0.25, -0.2) is 0 Å². The fraction of sp³-hybridized carbons (Fsp3) is 0.214. The van der Waals surface area contributed by atoms with Crippen molar-refractivity contribution in [3.05, 3.63) is 53.9 Å². The first kappa shape index (κ1) is 13.7. The van der Waals surface area contributed by atoms with E-state index in [2.05, 4.69) is 4.98 Å². The lowest BCUT2D eigenvalue weighted by atomic mass is 10.2. The van der Waals surface area contributed by atoms with Gasteiger partial charge in [-0.15, -0.1) is 0 Å². The zero-order valence-electron chi connectivity index (χ0n) is 10.7. The zero-order chi connectivity index (χ0) is 13.7. The standard InChI is InChI=1S/C14H16N2O2S/c1-18-12-4-6-13(7-5-12)19(17)10-11-3-2-8-16-14(11)9-15/h2-8H,9-10,15H2,1H3. The number of hydrogen-bond acceptors (Lipinski definition) is 4. The highest BCUT2D eigenvalue weighted by molar-refractivity contribution is 7.84. The highest BCUT2D eigenvalue weighted by atomic mass is 32.2. The summed E-state index contributed by atoms with van der Waals surface area (Å²) >= 11 is 0. The first-order valence-electron chi connectivity index (χ1n) is 5.90. The molecule has 2 rings (SSSR count). The minimum atomic E-state index is -1.11. The topological polar surface area (TPSA) is 65.2 Å². The van der Waals surface area contributed by atoms with Crippen LogP contribution in [0.25, 0.3) is 0 Å². The molecule has 1 unspecified atom stereocenters. The van der Waals surface area contributed by atoms with Gasteiger partial charge in [0, 0.05) is 17.6 Å². The lowest BCUT2D eigenvalue weighted by Gasteiger charge is -2.07. The van der Waals surface area contributed by atoms with Gasteiger partial charge in [-0.05, 0) is 35.9 Å². The summed E-state index contributed by atoms with van der Waals surface area (Å²) in [6.45, 7) is 0.357. The molecule has 0 bridgehead atoms. The van der Waals surface area contributed by atoms with E-state index in [4.69, 9.17) is 10.5 Å². The van der Waals surface area contributed by atoms with Crippen LogP contribution >= 0.6 is 0 Å². The summed E-state index contributed by atoms with van der Waals surface area (Å²) < 4.78 is 17.4. The van der Waals surface area contributed by atoms with Crippen LogP contribution in [-0.4, -0.2) is 16.3 Å². The molecular formula is C14H16N2O2S. The van der Waals surface area contributed by atoms with Gasteiger partial charge in [-0.1, -0.05) is 6.07 Å². The van der Waals surface area contributed by atoms with E-state index in [0.29, 0.717) is 12.3 Å². The highest BCUT2D eigenvalue weighted by Gasteiger charge is 2.09. The predicted molar refractivity (Wildman–Crippen MR) is 75.2 cm³/mol. The second kappa shape index (κ2) is 6.45. The molecule has 0 saturated carbocycles.